The predicted octanol–water partition coefficient (Wildman–Crippen LogP) is 2.38. The van der Waals surface area contributed by atoms with Gasteiger partial charge in [0.05, 0.1) is 11.5 Å². The molecule has 1 aromatic heterocycles. The molecule has 1 spiro atoms. The fourth-order valence-corrected chi connectivity index (χ4v) is 6.51. The Morgan fingerprint density at radius 2 is 2.07 bits per heavy atom. The van der Waals surface area contributed by atoms with Crippen molar-refractivity contribution in [3.8, 4) is 0 Å². The van der Waals surface area contributed by atoms with E-state index in [1.807, 2.05) is 0 Å². The van der Waals surface area contributed by atoms with Gasteiger partial charge in [-0.15, -0.1) is 11.3 Å². The normalized spacial score (nSPS) is 21.4. The van der Waals surface area contributed by atoms with Crippen LogP contribution in [0.25, 0.3) is 0 Å². The van der Waals surface area contributed by atoms with Gasteiger partial charge in [0, 0.05) is 23.7 Å². The van der Waals surface area contributed by atoms with E-state index in [1.54, 1.807) is 11.6 Å². The van der Waals surface area contributed by atoms with Gasteiger partial charge in [-0.05, 0) is 43.8 Å². The molecule has 1 unspecified atom stereocenters. The molecule has 27 heavy (non-hydrogen) atoms. The lowest BCUT2D eigenvalue weighted by molar-refractivity contribution is -0.387. The Balaban J connectivity index is 1.73. The fraction of sp³-hybridized carbons (Fsp3) is 0.471. The SMILES string of the molecule is O=[N+]([O-])c1ccccc1S(=O)(=O)N(Cc1nccs1)C1CC12CCNCC2. The molecule has 2 aliphatic rings. The van der Waals surface area contributed by atoms with Crippen molar-refractivity contribution in [2.45, 2.75) is 36.7 Å². The molecule has 1 saturated heterocycles. The van der Waals surface area contributed by atoms with Crippen LogP contribution in [0.5, 0.6) is 0 Å². The van der Waals surface area contributed by atoms with Crippen molar-refractivity contribution >= 4 is 27.0 Å². The Kier molecular flexibility index (Phi) is 4.75. The Labute approximate surface area is 161 Å². The first kappa shape index (κ1) is 18.5. The molecule has 1 atom stereocenters. The van der Waals surface area contributed by atoms with Gasteiger partial charge >= 0.3 is 0 Å². The predicted molar refractivity (Wildman–Crippen MR) is 101 cm³/mol. The summed E-state index contributed by atoms with van der Waals surface area (Å²) >= 11 is 1.39. The fourth-order valence-electron chi connectivity index (χ4n) is 3.97. The van der Waals surface area contributed by atoms with Crippen molar-refractivity contribution in [2.24, 2.45) is 5.41 Å². The van der Waals surface area contributed by atoms with Gasteiger partial charge in [0.1, 0.15) is 5.01 Å². The van der Waals surface area contributed by atoms with Crippen LogP contribution in [-0.2, 0) is 16.6 Å². The number of rotatable bonds is 6. The first-order chi connectivity index (χ1) is 12.9. The largest absolute Gasteiger partial charge is 0.317 e. The molecule has 1 aliphatic heterocycles. The highest BCUT2D eigenvalue weighted by Gasteiger charge is 2.59. The zero-order valence-electron chi connectivity index (χ0n) is 14.6. The molecule has 1 N–H and O–H groups in total. The summed E-state index contributed by atoms with van der Waals surface area (Å²) in [5, 5.41) is 17.2. The Hall–Kier alpha value is -1.88. The third-order valence-electron chi connectivity index (χ3n) is 5.52. The molecule has 0 amide bonds. The molecule has 2 aromatic rings. The zero-order valence-corrected chi connectivity index (χ0v) is 16.2. The number of benzene rings is 1. The van der Waals surface area contributed by atoms with Crippen molar-refractivity contribution < 1.29 is 13.3 Å². The maximum atomic E-state index is 13.5. The number of hydrogen-bond donors (Lipinski definition) is 1. The number of nitrogens with zero attached hydrogens (tertiary/aromatic N) is 3. The molecule has 2 fully saturated rings. The first-order valence-electron chi connectivity index (χ1n) is 8.78. The number of hydrogen-bond acceptors (Lipinski definition) is 7. The van der Waals surface area contributed by atoms with Crippen LogP contribution in [0.2, 0.25) is 0 Å². The van der Waals surface area contributed by atoms with E-state index in [1.165, 1.54) is 39.9 Å². The number of nitro benzene ring substituents is 1. The summed E-state index contributed by atoms with van der Waals surface area (Å²) in [5.41, 5.74) is -0.416. The van der Waals surface area contributed by atoms with E-state index in [-0.39, 0.29) is 28.6 Å². The van der Waals surface area contributed by atoms with Crippen LogP contribution in [-0.4, -0.2) is 41.8 Å². The minimum atomic E-state index is -4.03. The monoisotopic (exact) mass is 408 g/mol. The maximum absolute atomic E-state index is 13.5. The topological polar surface area (TPSA) is 105 Å². The lowest BCUT2D eigenvalue weighted by atomic mass is 9.94. The lowest BCUT2D eigenvalue weighted by Gasteiger charge is -2.28. The van der Waals surface area contributed by atoms with Crippen LogP contribution in [0.1, 0.15) is 24.3 Å². The summed E-state index contributed by atoms with van der Waals surface area (Å²) in [6.07, 6.45) is 4.26. The van der Waals surface area contributed by atoms with E-state index in [9.17, 15) is 18.5 Å². The van der Waals surface area contributed by atoms with Gasteiger partial charge in [-0.25, -0.2) is 13.4 Å². The molecule has 0 radical (unpaired) electrons. The lowest BCUT2D eigenvalue weighted by Crippen LogP contribution is -2.39. The summed E-state index contributed by atoms with van der Waals surface area (Å²) in [6, 6.07) is 5.41. The molecule has 2 heterocycles. The number of para-hydroxylation sites is 1. The number of thiazole rings is 1. The van der Waals surface area contributed by atoms with Crippen molar-refractivity contribution in [3.05, 3.63) is 51.0 Å². The quantitative estimate of drug-likeness (QED) is 0.581. The van der Waals surface area contributed by atoms with Crippen LogP contribution in [0.3, 0.4) is 0 Å². The summed E-state index contributed by atoms with van der Waals surface area (Å²) in [7, 11) is -4.03. The molecular weight excluding hydrogens is 388 g/mol. The number of piperidine rings is 1. The van der Waals surface area contributed by atoms with Crippen LogP contribution in [0.4, 0.5) is 5.69 Å². The van der Waals surface area contributed by atoms with E-state index in [4.69, 9.17) is 0 Å². The van der Waals surface area contributed by atoms with Crippen molar-refractivity contribution in [2.75, 3.05) is 13.1 Å². The molecule has 1 aromatic carbocycles. The van der Waals surface area contributed by atoms with E-state index in [2.05, 4.69) is 10.3 Å². The van der Waals surface area contributed by atoms with Gasteiger partial charge in [0.15, 0.2) is 4.90 Å². The average molecular weight is 409 g/mol. The minimum Gasteiger partial charge on any atom is -0.317 e. The molecule has 0 bridgehead atoms. The molecule has 4 rings (SSSR count). The maximum Gasteiger partial charge on any atom is 0.289 e. The van der Waals surface area contributed by atoms with Crippen LogP contribution in [0, 0.1) is 15.5 Å². The molecular formula is C17H20N4O4S2. The van der Waals surface area contributed by atoms with Gasteiger partial charge < -0.3 is 5.32 Å². The number of nitrogens with one attached hydrogen (secondary N) is 1. The number of nitro groups is 1. The summed E-state index contributed by atoms with van der Waals surface area (Å²) in [6.45, 7) is 1.88. The molecule has 144 valence electrons. The Bertz CT molecular complexity index is 940. The molecule has 1 aliphatic carbocycles. The Morgan fingerprint density at radius 3 is 2.74 bits per heavy atom. The second-order valence-electron chi connectivity index (χ2n) is 7.03. The third-order valence-corrected chi connectivity index (χ3v) is 8.18. The minimum absolute atomic E-state index is 0.0286. The zero-order chi connectivity index (χ0) is 19.1. The second kappa shape index (κ2) is 6.93. The van der Waals surface area contributed by atoms with Crippen LogP contribution in [0.15, 0.2) is 40.7 Å². The van der Waals surface area contributed by atoms with Crippen LogP contribution >= 0.6 is 11.3 Å². The molecule has 1 saturated carbocycles. The van der Waals surface area contributed by atoms with Gasteiger partial charge in [0.2, 0.25) is 0 Å². The Morgan fingerprint density at radius 1 is 1.33 bits per heavy atom. The van der Waals surface area contributed by atoms with Gasteiger partial charge in [-0.3, -0.25) is 10.1 Å². The standard InChI is InChI=1S/C17H20N4O4S2/c22-21(23)13-3-1-2-4-14(13)27(24,25)20(12-16-19-9-10-26-16)15-11-17(15)5-7-18-8-6-17/h1-4,9-10,15,18H,5-8,11-12H2. The highest BCUT2D eigenvalue weighted by molar-refractivity contribution is 7.89. The first-order valence-corrected chi connectivity index (χ1v) is 11.1. The third kappa shape index (κ3) is 3.38. The van der Waals surface area contributed by atoms with E-state index in [0.29, 0.717) is 5.01 Å². The van der Waals surface area contributed by atoms with Crippen LogP contribution < -0.4 is 5.32 Å². The highest BCUT2D eigenvalue weighted by atomic mass is 32.2. The van der Waals surface area contributed by atoms with Crippen molar-refractivity contribution in [1.29, 1.82) is 0 Å². The second-order valence-corrected chi connectivity index (χ2v) is 9.87. The molecule has 8 nitrogen and oxygen atoms in total. The summed E-state index contributed by atoms with van der Waals surface area (Å²) in [5.74, 6) is 0. The summed E-state index contributed by atoms with van der Waals surface area (Å²) < 4.78 is 28.4. The van der Waals surface area contributed by atoms with Crippen molar-refractivity contribution in [3.63, 3.8) is 0 Å². The average Bonchev–Trinajstić information content (AvgIpc) is 3.08. The smallest absolute Gasteiger partial charge is 0.289 e. The summed E-state index contributed by atoms with van der Waals surface area (Å²) in [4.78, 5) is 14.7. The van der Waals surface area contributed by atoms with E-state index in [0.717, 1.165) is 32.4 Å². The highest BCUT2D eigenvalue weighted by Crippen LogP contribution is 2.57. The van der Waals surface area contributed by atoms with Gasteiger partial charge in [-0.1, -0.05) is 12.1 Å². The van der Waals surface area contributed by atoms with E-state index < -0.39 is 14.9 Å². The van der Waals surface area contributed by atoms with Crippen molar-refractivity contribution in [1.82, 2.24) is 14.6 Å². The number of sulfonamides is 1. The molecule has 10 heteroatoms. The number of aromatic nitrogens is 1. The van der Waals surface area contributed by atoms with E-state index >= 15 is 0 Å². The van der Waals surface area contributed by atoms with Gasteiger partial charge in [-0.2, -0.15) is 4.31 Å². The van der Waals surface area contributed by atoms with Gasteiger partial charge in [0.25, 0.3) is 15.7 Å².